The minimum Gasteiger partial charge on any atom is -0.294 e. The van der Waals surface area contributed by atoms with Crippen molar-refractivity contribution in [3.05, 3.63) is 77.4 Å². The van der Waals surface area contributed by atoms with Crippen molar-refractivity contribution < 1.29 is 9.59 Å². The van der Waals surface area contributed by atoms with Crippen LogP contribution in [0, 0.1) is 11.8 Å². The Bertz CT molecular complexity index is 786. The van der Waals surface area contributed by atoms with E-state index < -0.39 is 0 Å². The van der Waals surface area contributed by atoms with Crippen LogP contribution in [0.3, 0.4) is 0 Å². The van der Waals surface area contributed by atoms with Crippen LogP contribution in [0.1, 0.15) is 39.1 Å². The minimum absolute atomic E-state index is 0.127. The number of fused-ring (bicyclic) bond motifs is 2. The summed E-state index contributed by atoms with van der Waals surface area (Å²) in [6, 6.07) is 17.4. The van der Waals surface area contributed by atoms with Crippen molar-refractivity contribution in [3.63, 3.8) is 0 Å². The number of hydrogen-bond donors (Lipinski definition) is 0. The van der Waals surface area contributed by atoms with E-state index in [1.165, 1.54) is 5.57 Å². The fraction of sp³-hybridized carbons (Fsp3) is 0.200. The normalized spacial score (nSPS) is 23.5. The molecule has 0 unspecified atom stereocenters. The van der Waals surface area contributed by atoms with Crippen molar-refractivity contribution in [1.29, 1.82) is 0 Å². The lowest BCUT2D eigenvalue weighted by Gasteiger charge is -2.34. The summed E-state index contributed by atoms with van der Waals surface area (Å²) < 4.78 is 0. The van der Waals surface area contributed by atoms with Crippen LogP contribution in [0.4, 0.5) is 0 Å². The Kier molecular flexibility index (Phi) is 3.04. The van der Waals surface area contributed by atoms with Gasteiger partial charge in [0.2, 0.25) is 0 Å². The first-order valence-electron chi connectivity index (χ1n) is 7.67. The molecular formula is C20H16O2. The summed E-state index contributed by atoms with van der Waals surface area (Å²) in [6.07, 6.45) is 3.46. The van der Waals surface area contributed by atoms with Crippen LogP contribution in [0.25, 0.3) is 5.57 Å². The Labute approximate surface area is 129 Å². The largest absolute Gasteiger partial charge is 0.294 e. The molecule has 2 aromatic rings. The second-order valence-corrected chi connectivity index (χ2v) is 6.02. The van der Waals surface area contributed by atoms with Crippen LogP contribution >= 0.6 is 0 Å². The molecule has 0 heterocycles. The Morgan fingerprint density at radius 1 is 0.727 bits per heavy atom. The molecule has 0 bridgehead atoms. The number of benzene rings is 2. The predicted octanol–water partition coefficient (Wildman–Crippen LogP) is 4.18. The first kappa shape index (κ1) is 13.2. The molecule has 108 valence electrons. The van der Waals surface area contributed by atoms with Crippen molar-refractivity contribution in [2.45, 2.75) is 12.8 Å². The van der Waals surface area contributed by atoms with Crippen molar-refractivity contribution in [1.82, 2.24) is 0 Å². The minimum atomic E-state index is -0.206. The standard InChI is InChI=1S/C20H16O2/c21-19-15-8-4-5-9-16(15)20(22)18-12-14(10-11-17(18)19)13-6-2-1-3-7-13/h1-10,17-18H,11-12H2/t17-,18-/m0/s1. The van der Waals surface area contributed by atoms with E-state index in [9.17, 15) is 9.59 Å². The van der Waals surface area contributed by atoms with Gasteiger partial charge in [-0.25, -0.2) is 0 Å². The molecule has 0 amide bonds. The van der Waals surface area contributed by atoms with Crippen LogP contribution in [-0.4, -0.2) is 11.6 Å². The molecule has 0 radical (unpaired) electrons. The van der Waals surface area contributed by atoms with Crippen molar-refractivity contribution in [2.24, 2.45) is 11.8 Å². The first-order chi connectivity index (χ1) is 10.8. The third-order valence-corrected chi connectivity index (χ3v) is 4.82. The summed E-state index contributed by atoms with van der Waals surface area (Å²) in [5, 5.41) is 0. The van der Waals surface area contributed by atoms with Gasteiger partial charge in [-0.15, -0.1) is 0 Å². The lowest BCUT2D eigenvalue weighted by molar-refractivity contribution is 0.0732. The van der Waals surface area contributed by atoms with E-state index in [4.69, 9.17) is 0 Å². The molecule has 22 heavy (non-hydrogen) atoms. The predicted molar refractivity (Wildman–Crippen MR) is 85.7 cm³/mol. The van der Waals surface area contributed by atoms with Gasteiger partial charge in [0.1, 0.15) is 0 Å². The van der Waals surface area contributed by atoms with Gasteiger partial charge in [-0.1, -0.05) is 60.7 Å². The maximum atomic E-state index is 12.8. The number of carbonyl (C=O) groups is 2. The van der Waals surface area contributed by atoms with Gasteiger partial charge >= 0.3 is 0 Å². The average Bonchev–Trinajstić information content (AvgIpc) is 2.60. The summed E-state index contributed by atoms with van der Waals surface area (Å²) in [6.45, 7) is 0. The lowest BCUT2D eigenvalue weighted by Crippen LogP contribution is -2.38. The highest BCUT2D eigenvalue weighted by atomic mass is 16.1. The summed E-state index contributed by atoms with van der Waals surface area (Å²) in [5.74, 6) is -0.136. The molecule has 2 nitrogen and oxygen atoms in total. The molecule has 0 aliphatic heterocycles. The molecule has 0 N–H and O–H groups in total. The molecule has 0 saturated carbocycles. The van der Waals surface area contributed by atoms with E-state index in [1.54, 1.807) is 12.1 Å². The first-order valence-corrected chi connectivity index (χ1v) is 7.67. The number of rotatable bonds is 1. The number of ketones is 2. The van der Waals surface area contributed by atoms with Gasteiger partial charge in [0.05, 0.1) is 0 Å². The quantitative estimate of drug-likeness (QED) is 0.789. The lowest BCUT2D eigenvalue weighted by atomic mass is 9.67. The van der Waals surface area contributed by atoms with E-state index in [2.05, 4.69) is 18.2 Å². The molecule has 0 fully saturated rings. The highest BCUT2D eigenvalue weighted by Crippen LogP contribution is 2.41. The van der Waals surface area contributed by atoms with Gasteiger partial charge in [0, 0.05) is 23.0 Å². The number of carbonyl (C=O) groups excluding carboxylic acids is 2. The second kappa shape index (κ2) is 5.06. The van der Waals surface area contributed by atoms with Gasteiger partial charge < -0.3 is 0 Å². The Balaban J connectivity index is 1.73. The van der Waals surface area contributed by atoms with Gasteiger partial charge in [-0.2, -0.15) is 0 Å². The van der Waals surface area contributed by atoms with E-state index >= 15 is 0 Å². The van der Waals surface area contributed by atoms with Gasteiger partial charge in [-0.3, -0.25) is 9.59 Å². The van der Waals surface area contributed by atoms with Gasteiger partial charge in [0.15, 0.2) is 11.6 Å². The van der Waals surface area contributed by atoms with Crippen LogP contribution < -0.4 is 0 Å². The van der Waals surface area contributed by atoms with Crippen molar-refractivity contribution >= 4 is 17.1 Å². The molecule has 0 aromatic heterocycles. The zero-order valence-corrected chi connectivity index (χ0v) is 12.2. The van der Waals surface area contributed by atoms with E-state index in [0.717, 1.165) is 5.56 Å². The van der Waals surface area contributed by atoms with E-state index in [1.807, 2.05) is 30.3 Å². The second-order valence-electron chi connectivity index (χ2n) is 6.02. The fourth-order valence-electron chi connectivity index (χ4n) is 3.66. The van der Waals surface area contributed by atoms with Crippen molar-refractivity contribution in [2.75, 3.05) is 0 Å². The average molecular weight is 288 g/mol. The van der Waals surface area contributed by atoms with Crippen LogP contribution in [0.5, 0.6) is 0 Å². The number of hydrogen-bond acceptors (Lipinski definition) is 2. The Morgan fingerprint density at radius 3 is 2.00 bits per heavy atom. The Morgan fingerprint density at radius 2 is 1.32 bits per heavy atom. The monoisotopic (exact) mass is 288 g/mol. The van der Waals surface area contributed by atoms with Gasteiger partial charge in [-0.05, 0) is 24.0 Å². The zero-order chi connectivity index (χ0) is 15.1. The highest BCUT2D eigenvalue weighted by Gasteiger charge is 2.42. The summed E-state index contributed by atoms with van der Waals surface area (Å²) >= 11 is 0. The molecule has 0 saturated heterocycles. The third-order valence-electron chi connectivity index (χ3n) is 4.82. The van der Waals surface area contributed by atoms with Crippen molar-refractivity contribution in [3.8, 4) is 0 Å². The molecule has 2 aliphatic carbocycles. The highest BCUT2D eigenvalue weighted by molar-refractivity contribution is 6.16. The Hall–Kier alpha value is -2.48. The molecule has 4 rings (SSSR count). The molecular weight excluding hydrogens is 272 g/mol. The summed E-state index contributed by atoms with van der Waals surface area (Å²) in [4.78, 5) is 25.5. The topological polar surface area (TPSA) is 34.1 Å². The van der Waals surface area contributed by atoms with Crippen LogP contribution in [0.15, 0.2) is 60.7 Å². The molecule has 0 spiro atoms. The maximum Gasteiger partial charge on any atom is 0.167 e. The van der Waals surface area contributed by atoms with E-state index in [0.29, 0.717) is 24.0 Å². The molecule has 2 heteroatoms. The van der Waals surface area contributed by atoms with Crippen LogP contribution in [0.2, 0.25) is 0 Å². The fourth-order valence-corrected chi connectivity index (χ4v) is 3.66. The summed E-state index contributed by atoms with van der Waals surface area (Å²) in [7, 11) is 0. The molecule has 2 atom stereocenters. The molecule has 2 aliphatic rings. The zero-order valence-electron chi connectivity index (χ0n) is 12.2. The SMILES string of the molecule is O=C1c2ccccc2C(=O)[C@H]2CC(c3ccccc3)=CC[C@H]12. The van der Waals surface area contributed by atoms with Crippen LogP contribution in [-0.2, 0) is 0 Å². The third kappa shape index (κ3) is 1.95. The number of allylic oxidation sites excluding steroid dienone is 2. The summed E-state index contributed by atoms with van der Waals surface area (Å²) in [5.41, 5.74) is 3.54. The smallest absolute Gasteiger partial charge is 0.167 e. The molecule has 2 aromatic carbocycles. The maximum absolute atomic E-state index is 12.8. The van der Waals surface area contributed by atoms with E-state index in [-0.39, 0.29) is 23.4 Å². The number of Topliss-reactive ketones (excluding diaryl/α,β-unsaturated/α-hetero) is 2. The van der Waals surface area contributed by atoms with Gasteiger partial charge in [0.25, 0.3) is 0 Å².